The van der Waals surface area contributed by atoms with Gasteiger partial charge in [-0.25, -0.2) is 0 Å². The van der Waals surface area contributed by atoms with Crippen LogP contribution in [0.15, 0.2) is 0 Å². The summed E-state index contributed by atoms with van der Waals surface area (Å²) >= 11 is 0. The number of nitrogens with zero attached hydrogens (tertiary/aromatic N) is 1. The summed E-state index contributed by atoms with van der Waals surface area (Å²) in [7, 11) is 0. The van der Waals surface area contributed by atoms with E-state index >= 15 is 0 Å². The Labute approximate surface area is 97.8 Å². The molecule has 2 fully saturated rings. The van der Waals surface area contributed by atoms with E-state index in [9.17, 15) is 4.79 Å². The second-order valence-electron chi connectivity index (χ2n) is 5.47. The molecule has 3 nitrogen and oxygen atoms in total. The smallest absolute Gasteiger partial charge is 0.303 e. The summed E-state index contributed by atoms with van der Waals surface area (Å²) in [5.41, 5.74) is 0. The largest absolute Gasteiger partial charge is 0.481 e. The van der Waals surface area contributed by atoms with Crippen LogP contribution in [0.4, 0.5) is 0 Å². The van der Waals surface area contributed by atoms with Gasteiger partial charge in [0.25, 0.3) is 0 Å². The third-order valence-corrected chi connectivity index (χ3v) is 3.92. The van der Waals surface area contributed by atoms with Gasteiger partial charge in [0.15, 0.2) is 0 Å². The van der Waals surface area contributed by atoms with Gasteiger partial charge >= 0.3 is 5.97 Å². The fraction of sp³-hybridized carbons (Fsp3) is 0.923. The van der Waals surface area contributed by atoms with Crippen LogP contribution in [0.5, 0.6) is 0 Å². The molecule has 1 aliphatic heterocycles. The number of piperidine rings is 1. The van der Waals surface area contributed by atoms with E-state index in [4.69, 9.17) is 5.11 Å². The third kappa shape index (κ3) is 4.12. The lowest BCUT2D eigenvalue weighted by Gasteiger charge is -2.32. The Bertz CT molecular complexity index is 238. The van der Waals surface area contributed by atoms with E-state index in [1.165, 1.54) is 45.2 Å². The molecule has 0 spiro atoms. The van der Waals surface area contributed by atoms with E-state index in [0.29, 0.717) is 12.3 Å². The first-order valence-corrected chi connectivity index (χ1v) is 6.68. The SMILES string of the molecule is O=C(O)CCC1CCCN(CCC2CC2)C1. The summed E-state index contributed by atoms with van der Waals surface area (Å²) in [6.07, 6.45) is 7.96. The van der Waals surface area contributed by atoms with E-state index in [0.717, 1.165) is 18.9 Å². The maximum absolute atomic E-state index is 10.5. The van der Waals surface area contributed by atoms with Gasteiger partial charge < -0.3 is 10.0 Å². The highest BCUT2D eigenvalue weighted by Crippen LogP contribution is 2.33. The average Bonchev–Trinajstić information content (AvgIpc) is 3.08. The van der Waals surface area contributed by atoms with Crippen LogP contribution < -0.4 is 0 Å². The lowest BCUT2D eigenvalue weighted by atomic mass is 9.93. The van der Waals surface area contributed by atoms with Gasteiger partial charge in [-0.3, -0.25) is 4.79 Å². The Morgan fingerprint density at radius 3 is 2.69 bits per heavy atom. The molecule has 3 heteroatoms. The zero-order valence-corrected chi connectivity index (χ0v) is 10.0. The molecule has 0 amide bonds. The standard InChI is InChI=1S/C13H23NO2/c15-13(16)6-5-12-2-1-8-14(10-12)9-7-11-3-4-11/h11-12H,1-10H2,(H,15,16). The van der Waals surface area contributed by atoms with E-state index in [2.05, 4.69) is 4.90 Å². The topological polar surface area (TPSA) is 40.5 Å². The van der Waals surface area contributed by atoms with Gasteiger partial charge in [0.2, 0.25) is 0 Å². The molecule has 1 atom stereocenters. The van der Waals surface area contributed by atoms with Gasteiger partial charge in [-0.05, 0) is 50.6 Å². The first kappa shape index (κ1) is 11.9. The Hall–Kier alpha value is -0.570. The second-order valence-corrected chi connectivity index (χ2v) is 5.47. The highest BCUT2D eigenvalue weighted by atomic mass is 16.4. The Morgan fingerprint density at radius 1 is 1.19 bits per heavy atom. The zero-order chi connectivity index (χ0) is 11.4. The van der Waals surface area contributed by atoms with Crippen LogP contribution >= 0.6 is 0 Å². The fourth-order valence-corrected chi connectivity index (χ4v) is 2.69. The maximum Gasteiger partial charge on any atom is 0.303 e. The number of carbonyl (C=O) groups is 1. The third-order valence-electron chi connectivity index (χ3n) is 3.92. The van der Waals surface area contributed by atoms with Crippen LogP contribution in [0.2, 0.25) is 0 Å². The molecule has 1 saturated heterocycles. The van der Waals surface area contributed by atoms with Gasteiger partial charge in [-0.1, -0.05) is 12.8 Å². The monoisotopic (exact) mass is 225 g/mol. The number of likely N-dealkylation sites (tertiary alicyclic amines) is 1. The van der Waals surface area contributed by atoms with Gasteiger partial charge in [0.1, 0.15) is 0 Å². The molecule has 1 saturated carbocycles. The van der Waals surface area contributed by atoms with Crippen LogP contribution in [0.25, 0.3) is 0 Å². The Balaban J connectivity index is 1.64. The second kappa shape index (κ2) is 5.67. The van der Waals surface area contributed by atoms with Crippen molar-refractivity contribution >= 4 is 5.97 Å². The minimum absolute atomic E-state index is 0.348. The molecular formula is C13H23NO2. The summed E-state index contributed by atoms with van der Waals surface area (Å²) in [6, 6.07) is 0. The van der Waals surface area contributed by atoms with Crippen molar-refractivity contribution in [1.82, 2.24) is 4.90 Å². The van der Waals surface area contributed by atoms with Crippen molar-refractivity contribution < 1.29 is 9.90 Å². The summed E-state index contributed by atoms with van der Waals surface area (Å²) < 4.78 is 0. The van der Waals surface area contributed by atoms with Crippen molar-refractivity contribution in [3.05, 3.63) is 0 Å². The van der Waals surface area contributed by atoms with E-state index < -0.39 is 5.97 Å². The van der Waals surface area contributed by atoms with Crippen LogP contribution in [-0.4, -0.2) is 35.6 Å². The lowest BCUT2D eigenvalue weighted by Crippen LogP contribution is -2.36. The maximum atomic E-state index is 10.5. The van der Waals surface area contributed by atoms with Gasteiger partial charge in [-0.15, -0.1) is 0 Å². The highest BCUT2D eigenvalue weighted by molar-refractivity contribution is 5.66. The van der Waals surface area contributed by atoms with Crippen LogP contribution in [0.3, 0.4) is 0 Å². The van der Waals surface area contributed by atoms with Crippen LogP contribution in [0.1, 0.15) is 44.9 Å². The Kier molecular flexibility index (Phi) is 4.22. The molecule has 0 aromatic rings. The highest BCUT2D eigenvalue weighted by Gasteiger charge is 2.24. The summed E-state index contributed by atoms with van der Waals surface area (Å²) in [4.78, 5) is 13.1. The minimum atomic E-state index is -0.643. The van der Waals surface area contributed by atoms with E-state index in [1.54, 1.807) is 0 Å². The normalized spacial score (nSPS) is 26.9. The van der Waals surface area contributed by atoms with E-state index in [-0.39, 0.29) is 0 Å². The predicted molar refractivity (Wildman–Crippen MR) is 63.4 cm³/mol. The number of rotatable bonds is 6. The number of carboxylic acid groups (broad SMARTS) is 1. The summed E-state index contributed by atoms with van der Waals surface area (Å²) in [5, 5.41) is 8.68. The molecule has 16 heavy (non-hydrogen) atoms. The van der Waals surface area contributed by atoms with Gasteiger partial charge in [-0.2, -0.15) is 0 Å². The molecule has 1 N–H and O–H groups in total. The molecule has 2 rings (SSSR count). The lowest BCUT2D eigenvalue weighted by molar-refractivity contribution is -0.137. The number of aliphatic carboxylic acids is 1. The molecule has 92 valence electrons. The molecule has 1 unspecified atom stereocenters. The van der Waals surface area contributed by atoms with Crippen LogP contribution in [0, 0.1) is 11.8 Å². The summed E-state index contributed by atoms with van der Waals surface area (Å²) in [5.74, 6) is 0.999. The van der Waals surface area contributed by atoms with Gasteiger partial charge in [0, 0.05) is 13.0 Å². The molecule has 0 radical (unpaired) electrons. The number of carboxylic acids is 1. The van der Waals surface area contributed by atoms with Crippen molar-refractivity contribution in [2.24, 2.45) is 11.8 Å². The average molecular weight is 225 g/mol. The molecule has 2 aliphatic rings. The first-order chi connectivity index (χ1) is 7.74. The van der Waals surface area contributed by atoms with Crippen LogP contribution in [-0.2, 0) is 4.79 Å². The van der Waals surface area contributed by atoms with Crippen molar-refractivity contribution in [2.45, 2.75) is 44.9 Å². The van der Waals surface area contributed by atoms with Crippen molar-refractivity contribution in [2.75, 3.05) is 19.6 Å². The molecule has 1 heterocycles. The predicted octanol–water partition coefficient (Wildman–Crippen LogP) is 2.36. The number of hydrogen-bond donors (Lipinski definition) is 1. The molecule has 0 aromatic carbocycles. The minimum Gasteiger partial charge on any atom is -0.481 e. The zero-order valence-electron chi connectivity index (χ0n) is 10.0. The fourth-order valence-electron chi connectivity index (χ4n) is 2.69. The molecule has 0 bridgehead atoms. The van der Waals surface area contributed by atoms with E-state index in [1.807, 2.05) is 0 Å². The van der Waals surface area contributed by atoms with Gasteiger partial charge in [0.05, 0.1) is 0 Å². The van der Waals surface area contributed by atoms with Crippen molar-refractivity contribution in [3.8, 4) is 0 Å². The molecule has 1 aliphatic carbocycles. The summed E-state index contributed by atoms with van der Waals surface area (Å²) in [6.45, 7) is 3.62. The van der Waals surface area contributed by atoms with Crippen molar-refractivity contribution in [3.63, 3.8) is 0 Å². The number of hydrogen-bond acceptors (Lipinski definition) is 2. The Morgan fingerprint density at radius 2 is 2.00 bits per heavy atom. The quantitative estimate of drug-likeness (QED) is 0.754. The first-order valence-electron chi connectivity index (χ1n) is 6.68. The van der Waals surface area contributed by atoms with Crippen molar-refractivity contribution in [1.29, 1.82) is 0 Å². The molecule has 0 aromatic heterocycles. The molecular weight excluding hydrogens is 202 g/mol.